The van der Waals surface area contributed by atoms with Crippen molar-refractivity contribution in [2.75, 3.05) is 57.5 Å². The number of aromatic nitrogens is 3. The van der Waals surface area contributed by atoms with Crippen molar-refractivity contribution in [2.24, 2.45) is 0 Å². The minimum absolute atomic E-state index is 0.0426. The van der Waals surface area contributed by atoms with Crippen molar-refractivity contribution >= 4 is 35.7 Å². The summed E-state index contributed by atoms with van der Waals surface area (Å²) in [5.41, 5.74) is 0.204. The fourth-order valence-corrected chi connectivity index (χ4v) is 4.80. The first kappa shape index (κ1) is 29.8. The molecule has 1 aliphatic heterocycles. The predicted molar refractivity (Wildman–Crippen MR) is 149 cm³/mol. The number of rotatable bonds is 13. The monoisotopic (exact) mass is 606 g/mol. The molecule has 1 amide bonds. The van der Waals surface area contributed by atoms with E-state index in [0.29, 0.717) is 44.1 Å². The normalized spacial score (nSPS) is 13.9. The van der Waals surface area contributed by atoms with Gasteiger partial charge in [0.05, 0.1) is 31.4 Å². The fraction of sp³-hybridized carbons (Fsp3) is 0.560. The van der Waals surface area contributed by atoms with Crippen LogP contribution in [0.4, 0.5) is 5.82 Å². The lowest BCUT2D eigenvalue weighted by Crippen LogP contribution is -2.49. The van der Waals surface area contributed by atoms with Crippen LogP contribution in [0, 0.1) is 11.3 Å². The summed E-state index contributed by atoms with van der Waals surface area (Å²) >= 11 is 3.29. The van der Waals surface area contributed by atoms with Crippen LogP contribution >= 0.6 is 15.9 Å². The molecule has 206 valence electrons. The van der Waals surface area contributed by atoms with Crippen molar-refractivity contribution < 1.29 is 19.0 Å². The number of pyridine rings is 1. The van der Waals surface area contributed by atoms with Crippen molar-refractivity contribution in [3.05, 3.63) is 44.9 Å². The lowest BCUT2D eigenvalue weighted by molar-refractivity contribution is -0.132. The summed E-state index contributed by atoms with van der Waals surface area (Å²) in [6, 6.07) is 6.66. The van der Waals surface area contributed by atoms with Gasteiger partial charge in [0.25, 0.3) is 5.56 Å². The van der Waals surface area contributed by atoms with E-state index in [-0.39, 0.29) is 48.9 Å². The summed E-state index contributed by atoms with van der Waals surface area (Å²) in [5, 5.41) is 13.0. The zero-order chi connectivity index (χ0) is 27.5. The van der Waals surface area contributed by atoms with E-state index in [1.165, 1.54) is 10.9 Å². The predicted octanol–water partition coefficient (Wildman–Crippen LogP) is 2.72. The molecule has 11 nitrogen and oxygen atoms in total. The number of ether oxygens (including phenoxy) is 3. The maximum absolute atomic E-state index is 12.5. The number of hydrogen-bond acceptors (Lipinski definition) is 9. The molecule has 0 saturated carbocycles. The van der Waals surface area contributed by atoms with Crippen LogP contribution in [0.15, 0.2) is 33.8 Å². The molecule has 2 aromatic heterocycles. The number of carbonyl (C=O) groups is 1. The van der Waals surface area contributed by atoms with E-state index in [1.54, 1.807) is 12.3 Å². The van der Waals surface area contributed by atoms with Gasteiger partial charge in [-0.2, -0.15) is 10.4 Å². The van der Waals surface area contributed by atoms with E-state index >= 15 is 0 Å². The van der Waals surface area contributed by atoms with E-state index in [0.717, 1.165) is 11.9 Å². The molecule has 0 unspecified atom stereocenters. The van der Waals surface area contributed by atoms with Gasteiger partial charge in [0.15, 0.2) is 5.75 Å². The summed E-state index contributed by atoms with van der Waals surface area (Å²) in [4.78, 5) is 33.2. The molecular weight excluding hydrogens is 572 g/mol. The zero-order valence-electron chi connectivity index (χ0n) is 22.2. The third-order valence-electron chi connectivity index (χ3n) is 5.94. The molecule has 1 aliphatic rings. The minimum Gasteiger partial charge on any atom is -0.488 e. The van der Waals surface area contributed by atoms with E-state index in [2.05, 4.69) is 56.6 Å². The minimum atomic E-state index is -1.19. The van der Waals surface area contributed by atoms with Gasteiger partial charge in [-0.3, -0.25) is 9.59 Å². The highest BCUT2D eigenvalue weighted by Crippen LogP contribution is 2.19. The van der Waals surface area contributed by atoms with Crippen molar-refractivity contribution in [1.29, 1.82) is 5.26 Å². The molecule has 0 atom stereocenters. The first-order chi connectivity index (χ1) is 18.2. The third kappa shape index (κ3) is 9.19. The van der Waals surface area contributed by atoms with Gasteiger partial charge in [-0.05, 0) is 34.1 Å². The summed E-state index contributed by atoms with van der Waals surface area (Å²) in [6.07, 6.45) is 3.32. The second-order valence-electron chi connectivity index (χ2n) is 10.1. The molecule has 13 heteroatoms. The topological polar surface area (TPSA) is 123 Å². The van der Waals surface area contributed by atoms with Crippen LogP contribution in [0.1, 0.15) is 12.0 Å². The Kier molecular flexibility index (Phi) is 11.3. The van der Waals surface area contributed by atoms with Gasteiger partial charge in [0, 0.05) is 47.1 Å². The second-order valence-corrected chi connectivity index (χ2v) is 16.5. The van der Waals surface area contributed by atoms with Crippen molar-refractivity contribution in [3.8, 4) is 11.8 Å². The number of hydrogen-bond donors (Lipinski definition) is 0. The molecule has 0 aliphatic carbocycles. The Morgan fingerprint density at radius 3 is 2.50 bits per heavy atom. The molecule has 1 fully saturated rings. The van der Waals surface area contributed by atoms with Gasteiger partial charge in [0.1, 0.15) is 29.7 Å². The van der Waals surface area contributed by atoms with Gasteiger partial charge in [-0.25, -0.2) is 9.67 Å². The SMILES string of the molecule is C[Si](C)(C)CCOCn1ncc(OCCOCCC(=O)N2CCN(c3ccc(C#N)cn3)CC2)c(Br)c1=O. The number of anilines is 1. The number of carbonyl (C=O) groups excluding carboxylic acids is 1. The quantitative estimate of drug-likeness (QED) is 0.250. The molecule has 0 bridgehead atoms. The third-order valence-corrected chi connectivity index (χ3v) is 8.38. The average molecular weight is 608 g/mol. The van der Waals surface area contributed by atoms with Gasteiger partial charge in [-0.1, -0.05) is 19.6 Å². The van der Waals surface area contributed by atoms with E-state index in [9.17, 15) is 9.59 Å². The van der Waals surface area contributed by atoms with Crippen LogP contribution in [0.5, 0.6) is 5.75 Å². The van der Waals surface area contributed by atoms with Crippen LogP contribution < -0.4 is 15.2 Å². The Bertz CT molecular complexity index is 1160. The van der Waals surface area contributed by atoms with Crippen molar-refractivity contribution in [3.63, 3.8) is 0 Å². The molecular formula is C25H35BrN6O5Si. The number of nitrogens with zero attached hydrogens (tertiary/aromatic N) is 6. The van der Waals surface area contributed by atoms with Crippen molar-refractivity contribution in [1.82, 2.24) is 19.7 Å². The number of amides is 1. The molecule has 0 spiro atoms. The van der Waals surface area contributed by atoms with E-state index < -0.39 is 8.07 Å². The largest absolute Gasteiger partial charge is 0.488 e. The second kappa shape index (κ2) is 14.4. The fourth-order valence-electron chi connectivity index (χ4n) is 3.63. The first-order valence-corrected chi connectivity index (χ1v) is 17.1. The van der Waals surface area contributed by atoms with Crippen LogP contribution in [0.2, 0.25) is 25.7 Å². The molecule has 38 heavy (non-hydrogen) atoms. The summed E-state index contributed by atoms with van der Waals surface area (Å²) in [5.74, 6) is 1.19. The summed E-state index contributed by atoms with van der Waals surface area (Å²) in [6.45, 7) is 10.9. The number of nitriles is 1. The molecule has 2 aromatic rings. The number of piperazine rings is 1. The Balaban J connectivity index is 1.30. The van der Waals surface area contributed by atoms with Crippen molar-refractivity contribution in [2.45, 2.75) is 38.8 Å². The van der Waals surface area contributed by atoms with Gasteiger partial charge in [-0.15, -0.1) is 0 Å². The Morgan fingerprint density at radius 2 is 1.84 bits per heavy atom. The average Bonchev–Trinajstić information content (AvgIpc) is 2.91. The highest BCUT2D eigenvalue weighted by atomic mass is 79.9. The molecule has 3 rings (SSSR count). The van der Waals surface area contributed by atoms with E-state index in [4.69, 9.17) is 19.5 Å². The standard InChI is InChI=1S/C25H35BrN6O5Si/c1-38(2,3)15-14-36-19-32-25(34)24(26)21(18-29-32)37-13-12-35-11-6-23(33)31-9-7-30(8-10-31)22-5-4-20(16-27)17-28-22/h4-5,17-18H,6-15,19H2,1-3H3. The first-order valence-electron chi connectivity index (χ1n) is 12.6. The maximum atomic E-state index is 12.5. The molecule has 3 heterocycles. The Hall–Kier alpha value is -2.79. The van der Waals surface area contributed by atoms with Crippen LogP contribution in [-0.4, -0.2) is 86.3 Å². The number of halogens is 1. The van der Waals surface area contributed by atoms with E-state index in [1.807, 2.05) is 11.0 Å². The molecule has 0 N–H and O–H groups in total. The smallest absolute Gasteiger partial charge is 0.287 e. The van der Waals surface area contributed by atoms with Gasteiger partial charge < -0.3 is 24.0 Å². The lowest BCUT2D eigenvalue weighted by Gasteiger charge is -2.35. The van der Waals surface area contributed by atoms with Crippen LogP contribution in [-0.2, 0) is 21.0 Å². The van der Waals surface area contributed by atoms with Gasteiger partial charge in [0.2, 0.25) is 5.91 Å². The zero-order valence-corrected chi connectivity index (χ0v) is 24.8. The highest BCUT2D eigenvalue weighted by molar-refractivity contribution is 9.10. The van der Waals surface area contributed by atoms with Crippen LogP contribution in [0.25, 0.3) is 0 Å². The lowest BCUT2D eigenvalue weighted by atomic mass is 10.2. The van der Waals surface area contributed by atoms with Gasteiger partial charge >= 0.3 is 0 Å². The van der Waals surface area contributed by atoms with Crippen LogP contribution in [0.3, 0.4) is 0 Å². The Morgan fingerprint density at radius 1 is 1.08 bits per heavy atom. The maximum Gasteiger partial charge on any atom is 0.287 e. The summed E-state index contributed by atoms with van der Waals surface area (Å²) in [7, 11) is -1.19. The molecule has 0 aromatic carbocycles. The Labute approximate surface area is 232 Å². The molecule has 1 saturated heterocycles. The molecule has 0 radical (unpaired) electrons. The summed E-state index contributed by atoms with van der Waals surface area (Å²) < 4.78 is 18.3. The highest BCUT2D eigenvalue weighted by Gasteiger charge is 2.21.